The molecule has 0 radical (unpaired) electrons. The van der Waals surface area contributed by atoms with Crippen LogP contribution in [0.25, 0.3) is 0 Å². The molecule has 7 heteroatoms. The maximum absolute atomic E-state index is 12.8. The number of aryl methyl sites for hydroxylation is 1. The van der Waals surface area contributed by atoms with Gasteiger partial charge in [0.1, 0.15) is 6.07 Å². The van der Waals surface area contributed by atoms with Gasteiger partial charge >= 0.3 is 0 Å². The Balaban J connectivity index is 3.54. The largest absolute Gasteiger partial charge is 0.261 e. The van der Waals surface area contributed by atoms with Crippen molar-refractivity contribution in [2.75, 3.05) is 13.1 Å². The number of aromatic nitrogens is 1. The summed E-state index contributed by atoms with van der Waals surface area (Å²) in [5.41, 5.74) is 0.903. The first kappa shape index (κ1) is 17.9. The van der Waals surface area contributed by atoms with E-state index < -0.39 is 10.0 Å². The van der Waals surface area contributed by atoms with E-state index in [0.29, 0.717) is 42.2 Å². The fourth-order valence-corrected chi connectivity index (χ4v) is 4.03. The molecule has 0 aromatic carbocycles. The van der Waals surface area contributed by atoms with E-state index in [1.54, 1.807) is 13.8 Å². The zero-order valence-electron chi connectivity index (χ0n) is 12.8. The zero-order chi connectivity index (χ0) is 16.2. The Morgan fingerprint density at radius 3 is 2.19 bits per heavy atom. The number of hydrogen-bond acceptors (Lipinski definition) is 4. The quantitative estimate of drug-likeness (QED) is 0.804. The highest BCUT2D eigenvalue weighted by atomic mass is 35.5. The Morgan fingerprint density at radius 2 is 1.76 bits per heavy atom. The molecule has 0 aliphatic heterocycles. The van der Waals surface area contributed by atoms with Crippen molar-refractivity contribution >= 4 is 21.6 Å². The number of sulfonamides is 1. The van der Waals surface area contributed by atoms with Crippen molar-refractivity contribution in [3.05, 3.63) is 21.8 Å². The Kier molecular flexibility index (Phi) is 6.14. The molecule has 1 heterocycles. The molecule has 0 aliphatic rings. The van der Waals surface area contributed by atoms with E-state index in [0.717, 1.165) is 0 Å². The smallest absolute Gasteiger partial charge is 0.237 e. The number of halogens is 1. The summed E-state index contributed by atoms with van der Waals surface area (Å²) in [5, 5.41) is 9.44. The predicted molar refractivity (Wildman–Crippen MR) is 82.8 cm³/mol. The predicted octanol–water partition coefficient (Wildman–Crippen LogP) is 3.03. The van der Waals surface area contributed by atoms with E-state index in [2.05, 4.69) is 4.98 Å². The van der Waals surface area contributed by atoms with Gasteiger partial charge in [0, 0.05) is 13.1 Å². The van der Waals surface area contributed by atoms with Crippen LogP contribution < -0.4 is 0 Å². The summed E-state index contributed by atoms with van der Waals surface area (Å²) in [6, 6.07) is 1.92. The molecule has 1 aromatic heterocycles. The van der Waals surface area contributed by atoms with Crippen molar-refractivity contribution in [3.8, 4) is 6.07 Å². The topological polar surface area (TPSA) is 74.1 Å². The van der Waals surface area contributed by atoms with Crippen LogP contribution in [0.15, 0.2) is 5.03 Å². The number of pyridine rings is 1. The molecule has 0 amide bonds. The van der Waals surface area contributed by atoms with E-state index >= 15 is 0 Å². The second-order valence-electron chi connectivity index (χ2n) is 4.83. The molecule has 0 N–H and O–H groups in total. The van der Waals surface area contributed by atoms with Gasteiger partial charge < -0.3 is 0 Å². The summed E-state index contributed by atoms with van der Waals surface area (Å²) in [6.45, 7) is 7.91. The molecule has 0 unspecified atom stereocenters. The minimum Gasteiger partial charge on any atom is -0.237 e. The van der Waals surface area contributed by atoms with Gasteiger partial charge in [-0.25, -0.2) is 13.4 Å². The van der Waals surface area contributed by atoms with Crippen LogP contribution in [0.5, 0.6) is 0 Å². The summed E-state index contributed by atoms with van der Waals surface area (Å²) in [6.07, 6.45) is 1.40. The fourth-order valence-electron chi connectivity index (χ4n) is 2.09. The van der Waals surface area contributed by atoms with E-state index in [-0.39, 0.29) is 10.6 Å². The molecule has 0 fully saturated rings. The first-order valence-corrected chi connectivity index (χ1v) is 8.69. The van der Waals surface area contributed by atoms with Crippen LogP contribution in [0.2, 0.25) is 5.02 Å². The Bertz CT molecular complexity index is 660. The van der Waals surface area contributed by atoms with Crippen LogP contribution in [0.4, 0.5) is 0 Å². The van der Waals surface area contributed by atoms with Gasteiger partial charge in [0.2, 0.25) is 0 Å². The van der Waals surface area contributed by atoms with Crippen LogP contribution in [0.3, 0.4) is 0 Å². The molecular formula is C14H20ClN3O2S. The SMILES string of the molecule is CCCN(CCC)S(=O)(=O)c1nc(C)c(Cl)c(C)c1C#N. The first-order valence-electron chi connectivity index (χ1n) is 6.88. The van der Waals surface area contributed by atoms with E-state index in [1.807, 2.05) is 19.9 Å². The van der Waals surface area contributed by atoms with E-state index in [1.165, 1.54) is 4.31 Å². The van der Waals surface area contributed by atoms with Crippen LogP contribution in [0.1, 0.15) is 43.5 Å². The monoisotopic (exact) mass is 329 g/mol. The zero-order valence-corrected chi connectivity index (χ0v) is 14.3. The maximum atomic E-state index is 12.8. The van der Waals surface area contributed by atoms with Crippen molar-refractivity contribution in [1.29, 1.82) is 5.26 Å². The highest BCUT2D eigenvalue weighted by Gasteiger charge is 2.30. The normalized spacial score (nSPS) is 11.7. The molecule has 116 valence electrons. The number of hydrogen-bond donors (Lipinski definition) is 0. The highest BCUT2D eigenvalue weighted by molar-refractivity contribution is 7.89. The number of nitriles is 1. The van der Waals surface area contributed by atoms with Crippen LogP contribution in [-0.2, 0) is 10.0 Å². The third-order valence-corrected chi connectivity index (χ3v) is 5.53. The van der Waals surface area contributed by atoms with Gasteiger partial charge in [0.15, 0.2) is 5.03 Å². The van der Waals surface area contributed by atoms with E-state index in [9.17, 15) is 13.7 Å². The van der Waals surface area contributed by atoms with Crippen LogP contribution in [0, 0.1) is 25.2 Å². The first-order chi connectivity index (χ1) is 9.81. The average molecular weight is 330 g/mol. The fraction of sp³-hybridized carbons (Fsp3) is 0.571. The summed E-state index contributed by atoms with van der Waals surface area (Å²) in [7, 11) is -3.79. The van der Waals surface area contributed by atoms with Crippen molar-refractivity contribution in [3.63, 3.8) is 0 Å². The van der Waals surface area contributed by atoms with E-state index in [4.69, 9.17) is 11.6 Å². The third-order valence-electron chi connectivity index (χ3n) is 3.15. The molecule has 0 aliphatic carbocycles. The lowest BCUT2D eigenvalue weighted by Gasteiger charge is -2.21. The van der Waals surface area contributed by atoms with Crippen molar-refractivity contribution in [2.45, 2.75) is 45.6 Å². The minimum absolute atomic E-state index is 0.0304. The van der Waals surface area contributed by atoms with Gasteiger partial charge in [0.05, 0.1) is 16.3 Å². The van der Waals surface area contributed by atoms with Gasteiger partial charge in [-0.1, -0.05) is 25.4 Å². The molecule has 0 saturated carbocycles. The Labute approximate surface area is 131 Å². The summed E-state index contributed by atoms with van der Waals surface area (Å²) in [4.78, 5) is 4.08. The Hall–Kier alpha value is -1.16. The van der Waals surface area contributed by atoms with Gasteiger partial charge in [-0.3, -0.25) is 0 Å². The second kappa shape index (κ2) is 7.21. The lowest BCUT2D eigenvalue weighted by molar-refractivity contribution is 0.407. The second-order valence-corrected chi connectivity index (χ2v) is 7.06. The lowest BCUT2D eigenvalue weighted by Crippen LogP contribution is -2.34. The third kappa shape index (κ3) is 3.54. The molecule has 0 spiro atoms. The summed E-state index contributed by atoms with van der Waals surface area (Å²) >= 11 is 6.06. The van der Waals surface area contributed by atoms with Crippen molar-refractivity contribution in [1.82, 2.24) is 9.29 Å². The standard InChI is InChI=1S/C14H20ClN3O2S/c1-5-7-18(8-6-2)21(19,20)14-12(9-16)10(3)13(15)11(4)17-14/h5-8H2,1-4H3. The van der Waals surface area contributed by atoms with Crippen LogP contribution >= 0.6 is 11.6 Å². The summed E-state index contributed by atoms with van der Waals surface area (Å²) in [5.74, 6) is 0. The number of rotatable bonds is 6. The molecule has 21 heavy (non-hydrogen) atoms. The molecule has 0 bridgehead atoms. The van der Waals surface area contributed by atoms with Gasteiger partial charge in [-0.05, 0) is 32.3 Å². The van der Waals surface area contributed by atoms with Gasteiger partial charge in [-0.15, -0.1) is 0 Å². The molecule has 1 rings (SSSR count). The van der Waals surface area contributed by atoms with Crippen molar-refractivity contribution < 1.29 is 8.42 Å². The average Bonchev–Trinajstić information content (AvgIpc) is 2.44. The molecule has 0 saturated heterocycles. The number of nitrogens with zero attached hydrogens (tertiary/aromatic N) is 3. The highest BCUT2D eigenvalue weighted by Crippen LogP contribution is 2.28. The van der Waals surface area contributed by atoms with Crippen molar-refractivity contribution in [2.24, 2.45) is 0 Å². The van der Waals surface area contributed by atoms with Gasteiger partial charge in [-0.2, -0.15) is 9.57 Å². The molecule has 5 nitrogen and oxygen atoms in total. The molecule has 1 aromatic rings. The maximum Gasteiger partial charge on any atom is 0.261 e. The molecule has 0 atom stereocenters. The molecular weight excluding hydrogens is 310 g/mol. The van der Waals surface area contributed by atoms with Crippen LogP contribution in [-0.4, -0.2) is 30.8 Å². The van der Waals surface area contributed by atoms with Gasteiger partial charge in [0.25, 0.3) is 10.0 Å². The summed E-state index contributed by atoms with van der Waals surface area (Å²) < 4.78 is 26.9. The minimum atomic E-state index is -3.79. The Morgan fingerprint density at radius 1 is 1.24 bits per heavy atom. The lowest BCUT2D eigenvalue weighted by atomic mass is 10.1.